The first-order valence-corrected chi connectivity index (χ1v) is 11.5. The zero-order valence-corrected chi connectivity index (χ0v) is 20.8. The molecule has 2 aromatic carbocycles. The summed E-state index contributed by atoms with van der Waals surface area (Å²) in [5, 5.41) is 14.6. The molecule has 1 N–H and O–H groups in total. The quantitative estimate of drug-likeness (QED) is 0.339. The van der Waals surface area contributed by atoms with Crippen LogP contribution in [0.1, 0.15) is 38.8 Å². The molecule has 0 fully saturated rings. The molecule has 0 amide bonds. The van der Waals surface area contributed by atoms with Crippen LogP contribution in [0.4, 0.5) is 5.95 Å². The minimum atomic E-state index is -0.747. The molecule has 4 aromatic rings. The van der Waals surface area contributed by atoms with E-state index in [4.69, 9.17) is 20.9 Å². The van der Waals surface area contributed by atoms with E-state index in [0.717, 1.165) is 16.7 Å². The summed E-state index contributed by atoms with van der Waals surface area (Å²) in [5.41, 5.74) is 1.94. The van der Waals surface area contributed by atoms with Gasteiger partial charge in [0.2, 0.25) is 11.7 Å². The third kappa shape index (κ3) is 4.89. The molecule has 2 heterocycles. The molecule has 1 atom stereocenters. The maximum absolute atomic E-state index is 13.0. The molecule has 0 aliphatic rings. The number of anilines is 1. The Morgan fingerprint density at radius 3 is 2.64 bits per heavy atom. The number of rotatable bonds is 9. The highest BCUT2D eigenvalue weighted by atomic mass is 35.5. The van der Waals surface area contributed by atoms with Gasteiger partial charge in [-0.05, 0) is 17.2 Å². The van der Waals surface area contributed by atoms with E-state index in [1.807, 2.05) is 42.5 Å². The highest BCUT2D eigenvalue weighted by Crippen LogP contribution is 2.37. The second-order valence-electron chi connectivity index (χ2n) is 8.28. The number of hydrogen-bond donors (Lipinski definition) is 1. The van der Waals surface area contributed by atoms with Crippen LogP contribution in [0.3, 0.4) is 0 Å². The molecule has 186 valence electrons. The molecule has 0 saturated carbocycles. The molecule has 0 radical (unpaired) electrons. The summed E-state index contributed by atoms with van der Waals surface area (Å²) in [4.78, 5) is 32.2. The number of carbonyl (C=O) groups excluding carboxylic acids is 1. The number of hydrogen-bond acceptors (Lipinski definition) is 8. The molecule has 36 heavy (non-hydrogen) atoms. The fourth-order valence-electron chi connectivity index (χ4n) is 4.18. The summed E-state index contributed by atoms with van der Waals surface area (Å²) in [6.45, 7) is 0.317. The molecule has 0 saturated heterocycles. The lowest BCUT2D eigenvalue weighted by atomic mass is 9.93. The summed E-state index contributed by atoms with van der Waals surface area (Å²) in [7, 11) is 4.84. The van der Waals surface area contributed by atoms with Gasteiger partial charge in [-0.1, -0.05) is 59.2 Å². The van der Waals surface area contributed by atoms with E-state index in [1.165, 1.54) is 24.1 Å². The number of carbonyl (C=O) groups is 1. The SMILES string of the molecule is COCc1cccc(Cl)c1C(c1ccccc1)N(C)c1nc(C(=O)Cc2cnoc2)c(O)c(=O)n1C. The lowest BCUT2D eigenvalue weighted by Crippen LogP contribution is -2.34. The van der Waals surface area contributed by atoms with Crippen LogP contribution in [0.25, 0.3) is 0 Å². The second-order valence-corrected chi connectivity index (χ2v) is 8.68. The van der Waals surface area contributed by atoms with Crippen molar-refractivity contribution in [2.45, 2.75) is 19.1 Å². The van der Waals surface area contributed by atoms with Crippen molar-refractivity contribution in [3.63, 3.8) is 0 Å². The fraction of sp³-hybridized carbons (Fsp3) is 0.231. The van der Waals surface area contributed by atoms with E-state index in [2.05, 4.69) is 10.1 Å². The number of benzene rings is 2. The Labute approximate surface area is 212 Å². The molecule has 1 unspecified atom stereocenters. The number of aromatic hydroxyl groups is 1. The van der Waals surface area contributed by atoms with E-state index < -0.39 is 23.1 Å². The highest BCUT2D eigenvalue weighted by Gasteiger charge is 2.29. The van der Waals surface area contributed by atoms with E-state index in [0.29, 0.717) is 17.2 Å². The topological polar surface area (TPSA) is 111 Å². The van der Waals surface area contributed by atoms with Crippen molar-refractivity contribution in [3.05, 3.63) is 104 Å². The van der Waals surface area contributed by atoms with Crippen molar-refractivity contribution in [2.24, 2.45) is 7.05 Å². The predicted molar refractivity (Wildman–Crippen MR) is 135 cm³/mol. The van der Waals surface area contributed by atoms with Gasteiger partial charge in [0.1, 0.15) is 6.26 Å². The summed E-state index contributed by atoms with van der Waals surface area (Å²) in [6, 6.07) is 14.7. The molecule has 0 aliphatic heterocycles. The van der Waals surface area contributed by atoms with Crippen LogP contribution in [-0.4, -0.2) is 39.8 Å². The van der Waals surface area contributed by atoms with Crippen molar-refractivity contribution in [1.29, 1.82) is 0 Å². The van der Waals surface area contributed by atoms with Crippen molar-refractivity contribution in [1.82, 2.24) is 14.7 Å². The molecular formula is C26H25ClN4O5. The van der Waals surface area contributed by atoms with Gasteiger partial charge in [0.15, 0.2) is 11.5 Å². The Hall–Kier alpha value is -3.95. The predicted octanol–water partition coefficient (Wildman–Crippen LogP) is 3.92. The van der Waals surface area contributed by atoms with Gasteiger partial charge in [-0.3, -0.25) is 14.2 Å². The number of ether oxygens (including phenoxy) is 1. The first kappa shape index (κ1) is 25.2. The average Bonchev–Trinajstić information content (AvgIpc) is 3.38. The van der Waals surface area contributed by atoms with Gasteiger partial charge >= 0.3 is 0 Å². The molecular weight excluding hydrogens is 484 g/mol. The Balaban J connectivity index is 1.88. The summed E-state index contributed by atoms with van der Waals surface area (Å²) < 4.78 is 11.4. The number of ketones is 1. The van der Waals surface area contributed by atoms with Crippen LogP contribution in [-0.2, 0) is 24.8 Å². The minimum absolute atomic E-state index is 0.134. The van der Waals surface area contributed by atoms with Crippen LogP contribution in [0.15, 0.2) is 70.3 Å². The molecule has 0 bridgehead atoms. The van der Waals surface area contributed by atoms with Gasteiger partial charge in [-0.2, -0.15) is 0 Å². The maximum Gasteiger partial charge on any atom is 0.297 e. The Kier molecular flexibility index (Phi) is 7.52. The van der Waals surface area contributed by atoms with Crippen LogP contribution >= 0.6 is 11.6 Å². The van der Waals surface area contributed by atoms with E-state index in [1.54, 1.807) is 25.1 Å². The van der Waals surface area contributed by atoms with Crippen molar-refractivity contribution in [3.8, 4) is 5.75 Å². The van der Waals surface area contributed by atoms with Crippen molar-refractivity contribution < 1.29 is 19.2 Å². The fourth-order valence-corrected chi connectivity index (χ4v) is 4.47. The first-order chi connectivity index (χ1) is 17.3. The zero-order chi connectivity index (χ0) is 25.8. The Morgan fingerprint density at radius 2 is 1.97 bits per heavy atom. The Bertz CT molecular complexity index is 1420. The third-order valence-corrected chi connectivity index (χ3v) is 6.22. The minimum Gasteiger partial charge on any atom is -0.501 e. The van der Waals surface area contributed by atoms with Crippen LogP contribution < -0.4 is 10.5 Å². The van der Waals surface area contributed by atoms with Crippen molar-refractivity contribution in [2.75, 3.05) is 19.1 Å². The monoisotopic (exact) mass is 508 g/mol. The van der Waals surface area contributed by atoms with E-state index >= 15 is 0 Å². The van der Waals surface area contributed by atoms with Crippen LogP contribution in [0.2, 0.25) is 5.02 Å². The van der Waals surface area contributed by atoms with Crippen LogP contribution in [0.5, 0.6) is 5.75 Å². The van der Waals surface area contributed by atoms with Crippen LogP contribution in [0, 0.1) is 0 Å². The largest absolute Gasteiger partial charge is 0.501 e. The molecule has 0 aliphatic carbocycles. The third-order valence-electron chi connectivity index (χ3n) is 5.89. The van der Waals surface area contributed by atoms with Gasteiger partial charge in [0, 0.05) is 43.8 Å². The number of aromatic nitrogens is 3. The number of halogens is 1. The Morgan fingerprint density at radius 1 is 1.22 bits per heavy atom. The maximum atomic E-state index is 13.0. The van der Waals surface area contributed by atoms with E-state index in [9.17, 15) is 14.7 Å². The molecule has 9 nitrogen and oxygen atoms in total. The molecule has 10 heteroatoms. The van der Waals surface area contributed by atoms with Gasteiger partial charge in [0.05, 0.1) is 18.8 Å². The summed E-state index contributed by atoms with van der Waals surface area (Å²) >= 11 is 6.72. The second kappa shape index (κ2) is 10.8. The van der Waals surface area contributed by atoms with Gasteiger partial charge in [-0.15, -0.1) is 0 Å². The summed E-state index contributed by atoms with van der Waals surface area (Å²) in [6.07, 6.45) is 2.58. The lowest BCUT2D eigenvalue weighted by molar-refractivity contribution is 0.0984. The van der Waals surface area contributed by atoms with Gasteiger partial charge in [-0.25, -0.2) is 4.98 Å². The van der Waals surface area contributed by atoms with Gasteiger partial charge in [0.25, 0.3) is 5.56 Å². The lowest BCUT2D eigenvalue weighted by Gasteiger charge is -2.33. The number of methoxy groups -OCH3 is 1. The first-order valence-electron chi connectivity index (χ1n) is 11.1. The van der Waals surface area contributed by atoms with E-state index in [-0.39, 0.29) is 18.1 Å². The zero-order valence-electron chi connectivity index (χ0n) is 20.0. The summed E-state index contributed by atoms with van der Waals surface area (Å²) in [5.74, 6) is -1.09. The van der Waals surface area contributed by atoms with Gasteiger partial charge < -0.3 is 19.3 Å². The van der Waals surface area contributed by atoms with Crippen molar-refractivity contribution >= 4 is 23.3 Å². The molecule has 2 aromatic heterocycles. The standard InChI is InChI=1S/C26H25ClN4O5/c1-30(23(17-8-5-4-6-9-17)21-18(15-35-3)10-7-11-19(21)27)26-29-22(24(33)25(34)31(26)2)20(32)12-16-13-28-36-14-16/h4-11,13-14,23,33H,12,15H2,1-3H3. The average molecular weight is 509 g/mol. The number of nitrogens with zero attached hydrogens (tertiary/aromatic N) is 4. The highest BCUT2D eigenvalue weighted by molar-refractivity contribution is 6.31. The number of Topliss-reactive ketones (excluding diaryl/α,β-unsaturated/α-hetero) is 1. The smallest absolute Gasteiger partial charge is 0.297 e. The molecule has 4 rings (SSSR count). The molecule has 0 spiro atoms. The normalized spacial score (nSPS) is 11.9.